The van der Waals surface area contributed by atoms with Crippen LogP contribution in [0.4, 0.5) is 0 Å². The average molecular weight is 211 g/mol. The predicted octanol–water partition coefficient (Wildman–Crippen LogP) is 2.79. The van der Waals surface area contributed by atoms with Crippen LogP contribution in [0.3, 0.4) is 0 Å². The van der Waals surface area contributed by atoms with Crippen molar-refractivity contribution in [1.29, 1.82) is 0 Å². The molecule has 0 N–H and O–H groups in total. The molecule has 0 spiro atoms. The summed E-state index contributed by atoms with van der Waals surface area (Å²) in [5.41, 5.74) is -1.05. The lowest BCUT2D eigenvalue weighted by molar-refractivity contribution is -0.121. The van der Waals surface area contributed by atoms with E-state index in [1.807, 2.05) is 17.5 Å². The topological polar surface area (TPSA) is 46.5 Å². The first-order valence-electron chi connectivity index (χ1n) is 4.46. The van der Waals surface area contributed by atoms with Gasteiger partial charge in [0.2, 0.25) is 0 Å². The van der Waals surface area contributed by atoms with Gasteiger partial charge in [0.25, 0.3) is 0 Å². The molecule has 1 unspecified atom stereocenters. The number of hydrogen-bond acceptors (Lipinski definition) is 4. The molecule has 1 atom stereocenters. The Labute approximate surface area is 87.1 Å². The van der Waals surface area contributed by atoms with E-state index in [0.29, 0.717) is 6.42 Å². The monoisotopic (exact) mass is 211 g/mol. The zero-order chi connectivity index (χ0) is 10.6. The Hall–Kier alpha value is -1.03. The van der Waals surface area contributed by atoms with E-state index < -0.39 is 5.54 Å². The maximum Gasteiger partial charge on any atom is 0.160 e. The van der Waals surface area contributed by atoms with Gasteiger partial charge in [-0.1, -0.05) is 11.2 Å². The zero-order valence-corrected chi connectivity index (χ0v) is 9.13. The normalized spacial score (nSPS) is 14.7. The number of Topliss-reactive ketones (excluding diaryl/α,β-unsaturated/α-hetero) is 1. The first-order valence-corrected chi connectivity index (χ1v) is 5.34. The summed E-state index contributed by atoms with van der Waals surface area (Å²) in [5, 5.41) is 4.90. The number of carbonyl (C=O) groups excluding carboxylic acids is 1. The molecule has 0 fully saturated rings. The van der Waals surface area contributed by atoms with Crippen LogP contribution in [-0.4, -0.2) is 11.3 Å². The number of carbonyl (C=O) groups is 1. The number of ketones is 1. The summed E-state index contributed by atoms with van der Waals surface area (Å²) in [5.74, 6) is -0.163. The summed E-state index contributed by atoms with van der Waals surface area (Å²) in [7, 11) is 0. The number of rotatable bonds is 5. The molecule has 4 heteroatoms. The number of nitroso groups, excluding NO2 is 1. The fourth-order valence-corrected chi connectivity index (χ4v) is 1.82. The van der Waals surface area contributed by atoms with Crippen LogP contribution in [0.25, 0.3) is 0 Å². The lowest BCUT2D eigenvalue weighted by atomic mass is 9.92. The van der Waals surface area contributed by atoms with E-state index in [1.165, 1.54) is 11.8 Å². The molecule has 0 aliphatic rings. The lowest BCUT2D eigenvalue weighted by Crippen LogP contribution is -2.31. The van der Waals surface area contributed by atoms with Crippen molar-refractivity contribution >= 4 is 17.1 Å². The first kappa shape index (κ1) is 11.0. The minimum Gasteiger partial charge on any atom is -0.297 e. The molecule has 3 nitrogen and oxygen atoms in total. The fraction of sp³-hybridized carbons (Fsp3) is 0.500. The molecular weight excluding hydrogens is 198 g/mol. The van der Waals surface area contributed by atoms with Crippen LogP contribution >= 0.6 is 11.3 Å². The Morgan fingerprint density at radius 1 is 1.64 bits per heavy atom. The molecule has 76 valence electrons. The van der Waals surface area contributed by atoms with Gasteiger partial charge in [0.15, 0.2) is 11.3 Å². The van der Waals surface area contributed by atoms with Crippen LogP contribution in [0.1, 0.15) is 25.1 Å². The Morgan fingerprint density at radius 3 is 2.79 bits per heavy atom. The fourth-order valence-electron chi connectivity index (χ4n) is 1.11. The van der Waals surface area contributed by atoms with Crippen molar-refractivity contribution in [2.45, 2.75) is 32.2 Å². The molecule has 1 aromatic heterocycles. The van der Waals surface area contributed by atoms with E-state index >= 15 is 0 Å². The summed E-state index contributed by atoms with van der Waals surface area (Å²) in [6.45, 7) is 3.01. The second kappa shape index (κ2) is 4.46. The number of hydrogen-bond donors (Lipinski definition) is 0. The van der Waals surface area contributed by atoms with Crippen LogP contribution < -0.4 is 0 Å². The van der Waals surface area contributed by atoms with Crippen molar-refractivity contribution in [3.8, 4) is 0 Å². The number of thiophene rings is 1. The van der Waals surface area contributed by atoms with Crippen LogP contribution in [0.5, 0.6) is 0 Å². The van der Waals surface area contributed by atoms with Crippen LogP contribution in [0.2, 0.25) is 0 Å². The highest BCUT2D eigenvalue weighted by Gasteiger charge is 2.30. The Bertz CT molecular complexity index is 321. The van der Waals surface area contributed by atoms with Crippen molar-refractivity contribution in [2.24, 2.45) is 5.18 Å². The van der Waals surface area contributed by atoms with Gasteiger partial charge in [-0.15, -0.1) is 16.2 Å². The Kier molecular flexibility index (Phi) is 3.52. The summed E-state index contributed by atoms with van der Waals surface area (Å²) >= 11 is 1.63. The maximum atomic E-state index is 11.2. The quantitative estimate of drug-likeness (QED) is 0.703. The minimum atomic E-state index is -1.05. The molecule has 0 aliphatic heterocycles. The summed E-state index contributed by atoms with van der Waals surface area (Å²) < 4.78 is 0. The molecule has 1 aromatic rings. The highest BCUT2D eigenvalue weighted by atomic mass is 32.1. The zero-order valence-electron chi connectivity index (χ0n) is 8.32. The van der Waals surface area contributed by atoms with E-state index in [1.54, 1.807) is 18.3 Å². The Balaban J connectivity index is 2.58. The van der Waals surface area contributed by atoms with Crippen molar-refractivity contribution in [3.63, 3.8) is 0 Å². The summed E-state index contributed by atoms with van der Waals surface area (Å²) in [4.78, 5) is 22.9. The van der Waals surface area contributed by atoms with Crippen molar-refractivity contribution in [3.05, 3.63) is 27.3 Å². The van der Waals surface area contributed by atoms with Crippen LogP contribution in [0.15, 0.2) is 22.7 Å². The Morgan fingerprint density at radius 2 is 2.36 bits per heavy atom. The number of nitrogens with zero attached hydrogens (tertiary/aromatic N) is 1. The van der Waals surface area contributed by atoms with Gasteiger partial charge in [-0.2, -0.15) is 0 Å². The molecule has 1 rings (SSSR count). The second-order valence-electron chi connectivity index (χ2n) is 3.50. The van der Waals surface area contributed by atoms with E-state index in [0.717, 1.165) is 6.42 Å². The highest BCUT2D eigenvalue weighted by Crippen LogP contribution is 2.21. The van der Waals surface area contributed by atoms with E-state index in [-0.39, 0.29) is 5.78 Å². The smallest absolute Gasteiger partial charge is 0.160 e. The van der Waals surface area contributed by atoms with E-state index in [4.69, 9.17) is 0 Å². The van der Waals surface area contributed by atoms with Crippen molar-refractivity contribution in [1.82, 2.24) is 0 Å². The van der Waals surface area contributed by atoms with Gasteiger partial charge in [0, 0.05) is 4.88 Å². The van der Waals surface area contributed by atoms with E-state index in [9.17, 15) is 9.70 Å². The third-order valence-corrected chi connectivity index (χ3v) is 3.33. The van der Waals surface area contributed by atoms with E-state index in [2.05, 4.69) is 5.18 Å². The lowest BCUT2D eigenvalue weighted by Gasteiger charge is -2.16. The first-order chi connectivity index (χ1) is 6.58. The van der Waals surface area contributed by atoms with Gasteiger partial charge in [-0.3, -0.25) is 4.79 Å². The molecular formula is C10H13NO2S. The molecule has 0 aromatic carbocycles. The van der Waals surface area contributed by atoms with Gasteiger partial charge in [0.1, 0.15) is 0 Å². The van der Waals surface area contributed by atoms with Gasteiger partial charge >= 0.3 is 0 Å². The number of aryl methyl sites for hydroxylation is 1. The SMILES string of the molecule is CC(=O)C(C)(CCc1cccs1)N=O. The molecule has 0 amide bonds. The van der Waals surface area contributed by atoms with Gasteiger partial charge in [-0.05, 0) is 38.1 Å². The molecule has 1 heterocycles. The second-order valence-corrected chi connectivity index (χ2v) is 4.53. The molecule has 0 saturated heterocycles. The molecule has 0 bridgehead atoms. The average Bonchev–Trinajstić information content (AvgIpc) is 2.66. The van der Waals surface area contributed by atoms with Crippen molar-refractivity contribution in [2.75, 3.05) is 0 Å². The molecule has 0 aliphatic carbocycles. The third-order valence-electron chi connectivity index (χ3n) is 2.40. The molecule has 0 saturated carbocycles. The standard InChI is InChI=1S/C10H13NO2S/c1-8(12)10(2,11-13)6-5-9-4-3-7-14-9/h3-4,7H,5-6H2,1-2H3. The molecule has 14 heavy (non-hydrogen) atoms. The summed E-state index contributed by atoms with van der Waals surface area (Å²) in [6, 6.07) is 3.95. The largest absolute Gasteiger partial charge is 0.297 e. The third kappa shape index (κ3) is 2.48. The molecule has 0 radical (unpaired) electrons. The summed E-state index contributed by atoms with van der Waals surface area (Å²) in [6.07, 6.45) is 1.23. The van der Waals surface area contributed by atoms with Gasteiger partial charge < -0.3 is 0 Å². The predicted molar refractivity (Wildman–Crippen MR) is 57.5 cm³/mol. The van der Waals surface area contributed by atoms with Gasteiger partial charge in [-0.25, -0.2) is 0 Å². The van der Waals surface area contributed by atoms with Crippen LogP contribution in [-0.2, 0) is 11.2 Å². The van der Waals surface area contributed by atoms with Gasteiger partial charge in [0.05, 0.1) is 0 Å². The van der Waals surface area contributed by atoms with Crippen molar-refractivity contribution < 1.29 is 4.79 Å². The van der Waals surface area contributed by atoms with Crippen LogP contribution in [0, 0.1) is 4.91 Å². The maximum absolute atomic E-state index is 11.2. The highest BCUT2D eigenvalue weighted by molar-refractivity contribution is 7.09. The minimum absolute atomic E-state index is 0.163.